The minimum atomic E-state index is -0.434. The summed E-state index contributed by atoms with van der Waals surface area (Å²) in [6, 6.07) is 5.18. The lowest BCUT2D eigenvalue weighted by molar-refractivity contribution is 0.358. The highest BCUT2D eigenvalue weighted by atomic mass is 19.1. The van der Waals surface area contributed by atoms with Crippen LogP contribution in [0, 0.1) is 0 Å². The van der Waals surface area contributed by atoms with Crippen molar-refractivity contribution in [2.45, 2.75) is 13.0 Å². The van der Waals surface area contributed by atoms with E-state index in [2.05, 4.69) is 0 Å². The molecule has 0 aliphatic heterocycles. The number of fused-ring (bicyclic) bond motifs is 1. The SMILES string of the molecule is COc1ccc2c(=O)n(CCCF)ccc2c1OC. The maximum atomic E-state index is 12.2. The van der Waals surface area contributed by atoms with E-state index in [-0.39, 0.29) is 5.56 Å². The van der Waals surface area contributed by atoms with Crippen LogP contribution >= 0.6 is 0 Å². The van der Waals surface area contributed by atoms with Crippen LogP contribution in [0.5, 0.6) is 11.5 Å². The van der Waals surface area contributed by atoms with E-state index in [0.717, 1.165) is 0 Å². The van der Waals surface area contributed by atoms with E-state index < -0.39 is 6.67 Å². The van der Waals surface area contributed by atoms with Gasteiger partial charge in [0, 0.05) is 18.1 Å². The lowest BCUT2D eigenvalue weighted by Gasteiger charge is -2.12. The van der Waals surface area contributed by atoms with Gasteiger partial charge in [0.15, 0.2) is 11.5 Å². The summed E-state index contributed by atoms with van der Waals surface area (Å²) >= 11 is 0. The zero-order chi connectivity index (χ0) is 13.8. The van der Waals surface area contributed by atoms with Crippen molar-refractivity contribution in [3.63, 3.8) is 0 Å². The standard InChI is InChI=1S/C14H16FNO3/c1-18-12-5-4-11-10(13(12)19-2)6-9-16(14(11)17)8-3-7-15/h4-6,9H,3,7-8H2,1-2H3. The highest BCUT2D eigenvalue weighted by molar-refractivity contribution is 5.90. The topological polar surface area (TPSA) is 40.5 Å². The Labute approximate surface area is 110 Å². The number of hydrogen-bond donors (Lipinski definition) is 0. The number of aromatic nitrogens is 1. The molecule has 1 heterocycles. The molecule has 0 N–H and O–H groups in total. The molecule has 0 aliphatic carbocycles. The second-order valence-corrected chi connectivity index (χ2v) is 4.12. The Balaban J connectivity index is 2.62. The number of nitrogens with zero attached hydrogens (tertiary/aromatic N) is 1. The molecule has 19 heavy (non-hydrogen) atoms. The Morgan fingerprint density at radius 1 is 1.16 bits per heavy atom. The van der Waals surface area contributed by atoms with E-state index in [9.17, 15) is 9.18 Å². The molecule has 0 saturated carbocycles. The third-order valence-electron chi connectivity index (χ3n) is 3.03. The van der Waals surface area contributed by atoms with Crippen molar-refractivity contribution in [2.24, 2.45) is 0 Å². The number of rotatable bonds is 5. The van der Waals surface area contributed by atoms with Crippen LogP contribution in [0.2, 0.25) is 0 Å². The highest BCUT2D eigenvalue weighted by Gasteiger charge is 2.11. The number of alkyl halides is 1. The third-order valence-corrected chi connectivity index (χ3v) is 3.03. The van der Waals surface area contributed by atoms with Gasteiger partial charge in [0.05, 0.1) is 26.3 Å². The van der Waals surface area contributed by atoms with Crippen LogP contribution in [0.4, 0.5) is 4.39 Å². The lowest BCUT2D eigenvalue weighted by Crippen LogP contribution is -2.19. The number of aryl methyl sites for hydroxylation is 1. The molecule has 0 unspecified atom stereocenters. The first kappa shape index (κ1) is 13.4. The van der Waals surface area contributed by atoms with E-state index in [1.807, 2.05) is 0 Å². The first-order valence-corrected chi connectivity index (χ1v) is 6.03. The van der Waals surface area contributed by atoms with Gasteiger partial charge in [0.2, 0.25) is 0 Å². The number of methoxy groups -OCH3 is 2. The van der Waals surface area contributed by atoms with E-state index in [1.165, 1.54) is 11.7 Å². The molecule has 1 aromatic heterocycles. The quantitative estimate of drug-likeness (QED) is 0.833. The van der Waals surface area contributed by atoms with Crippen molar-refractivity contribution in [3.8, 4) is 11.5 Å². The predicted molar refractivity (Wildman–Crippen MR) is 71.9 cm³/mol. The minimum Gasteiger partial charge on any atom is -0.493 e. The number of ether oxygens (including phenoxy) is 2. The van der Waals surface area contributed by atoms with Crippen molar-refractivity contribution >= 4 is 10.8 Å². The summed E-state index contributed by atoms with van der Waals surface area (Å²) in [4.78, 5) is 12.2. The van der Waals surface area contributed by atoms with E-state index in [1.54, 1.807) is 31.5 Å². The van der Waals surface area contributed by atoms with Crippen LogP contribution in [0.25, 0.3) is 10.8 Å². The molecule has 0 fully saturated rings. The zero-order valence-corrected chi connectivity index (χ0v) is 11.0. The molecule has 2 rings (SSSR count). The predicted octanol–water partition coefficient (Wildman–Crippen LogP) is 2.38. The van der Waals surface area contributed by atoms with Gasteiger partial charge in [-0.2, -0.15) is 0 Å². The first-order valence-electron chi connectivity index (χ1n) is 6.03. The minimum absolute atomic E-state index is 0.146. The normalized spacial score (nSPS) is 10.7. The lowest BCUT2D eigenvalue weighted by atomic mass is 10.1. The molecule has 4 nitrogen and oxygen atoms in total. The molecule has 2 aromatic rings. The summed E-state index contributed by atoms with van der Waals surface area (Å²) in [5.41, 5.74) is -0.146. The van der Waals surface area contributed by atoms with Crippen LogP contribution < -0.4 is 15.0 Å². The summed E-state index contributed by atoms with van der Waals surface area (Å²) in [5, 5.41) is 1.24. The number of hydrogen-bond acceptors (Lipinski definition) is 3. The van der Waals surface area contributed by atoms with Crippen LogP contribution in [-0.4, -0.2) is 25.5 Å². The van der Waals surface area contributed by atoms with Gasteiger partial charge in [-0.25, -0.2) is 0 Å². The van der Waals surface area contributed by atoms with Crippen molar-refractivity contribution in [1.82, 2.24) is 4.57 Å². The smallest absolute Gasteiger partial charge is 0.258 e. The van der Waals surface area contributed by atoms with E-state index in [4.69, 9.17) is 9.47 Å². The molecule has 0 spiro atoms. The molecule has 0 bridgehead atoms. The maximum absolute atomic E-state index is 12.2. The molecular formula is C14H16FNO3. The molecule has 5 heteroatoms. The highest BCUT2D eigenvalue weighted by Crippen LogP contribution is 2.33. The summed E-state index contributed by atoms with van der Waals surface area (Å²) in [6.45, 7) is -0.0595. The van der Waals surface area contributed by atoms with Crippen molar-refractivity contribution in [3.05, 3.63) is 34.7 Å². The van der Waals surface area contributed by atoms with Crippen LogP contribution in [0.3, 0.4) is 0 Å². The molecule has 0 radical (unpaired) electrons. The summed E-state index contributed by atoms with van der Waals surface area (Å²) in [6.07, 6.45) is 1.99. The molecule has 0 aliphatic rings. The fraction of sp³-hybridized carbons (Fsp3) is 0.357. The van der Waals surface area contributed by atoms with Crippen molar-refractivity contribution in [2.75, 3.05) is 20.9 Å². The van der Waals surface area contributed by atoms with E-state index in [0.29, 0.717) is 35.2 Å². The largest absolute Gasteiger partial charge is 0.493 e. The molecular weight excluding hydrogens is 249 g/mol. The molecule has 0 atom stereocenters. The fourth-order valence-corrected chi connectivity index (χ4v) is 2.10. The van der Waals surface area contributed by atoms with Gasteiger partial charge in [-0.3, -0.25) is 9.18 Å². The second kappa shape index (κ2) is 5.73. The molecule has 0 saturated heterocycles. The molecule has 102 valence electrons. The third kappa shape index (κ3) is 2.41. The Bertz CT molecular complexity index is 636. The van der Waals surface area contributed by atoms with Gasteiger partial charge in [0.25, 0.3) is 5.56 Å². The average molecular weight is 265 g/mol. The zero-order valence-electron chi connectivity index (χ0n) is 11.0. The number of halogens is 1. The monoisotopic (exact) mass is 265 g/mol. The summed E-state index contributed by atoms with van der Waals surface area (Å²) in [7, 11) is 3.08. The van der Waals surface area contributed by atoms with Crippen molar-refractivity contribution < 1.29 is 13.9 Å². The Morgan fingerprint density at radius 2 is 1.95 bits per heavy atom. The van der Waals surface area contributed by atoms with Gasteiger partial charge in [-0.05, 0) is 24.6 Å². The first-order chi connectivity index (χ1) is 9.22. The summed E-state index contributed by atoms with van der Waals surface area (Å²) < 4.78 is 24.2. The average Bonchev–Trinajstić information content (AvgIpc) is 2.45. The van der Waals surface area contributed by atoms with E-state index >= 15 is 0 Å². The van der Waals surface area contributed by atoms with Crippen LogP contribution in [0.15, 0.2) is 29.2 Å². The number of benzene rings is 1. The molecule has 1 aromatic carbocycles. The van der Waals surface area contributed by atoms with Gasteiger partial charge >= 0.3 is 0 Å². The Morgan fingerprint density at radius 3 is 2.58 bits per heavy atom. The van der Waals surface area contributed by atoms with Crippen LogP contribution in [0.1, 0.15) is 6.42 Å². The Hall–Kier alpha value is -2.04. The fourth-order valence-electron chi connectivity index (χ4n) is 2.10. The van der Waals surface area contributed by atoms with Crippen molar-refractivity contribution in [1.29, 1.82) is 0 Å². The van der Waals surface area contributed by atoms with Gasteiger partial charge in [0.1, 0.15) is 0 Å². The maximum Gasteiger partial charge on any atom is 0.258 e. The second-order valence-electron chi connectivity index (χ2n) is 4.12. The van der Waals surface area contributed by atoms with Crippen LogP contribution in [-0.2, 0) is 6.54 Å². The summed E-state index contributed by atoms with van der Waals surface area (Å²) in [5.74, 6) is 1.12. The Kier molecular flexibility index (Phi) is 4.04. The van der Waals surface area contributed by atoms with Gasteiger partial charge in [-0.1, -0.05) is 0 Å². The number of pyridine rings is 1. The van der Waals surface area contributed by atoms with Gasteiger partial charge < -0.3 is 14.0 Å². The molecule has 0 amide bonds. The van der Waals surface area contributed by atoms with Gasteiger partial charge in [-0.15, -0.1) is 0 Å².